The van der Waals surface area contributed by atoms with E-state index in [0.717, 1.165) is 18.2 Å². The Morgan fingerprint density at radius 1 is 1.30 bits per heavy atom. The molecule has 20 heavy (non-hydrogen) atoms. The molecule has 102 valence electrons. The van der Waals surface area contributed by atoms with E-state index in [2.05, 4.69) is 26.2 Å². The standard InChI is InChI=1S/C13H8BrFN2O3/c14-11-8(2-1-5-16-11)12(18)17-10-6-7(13(19)20)3-4-9(10)15/h1-6H,(H,17,18)(H,19,20). The van der Waals surface area contributed by atoms with Gasteiger partial charge in [-0.25, -0.2) is 14.2 Å². The highest BCUT2D eigenvalue weighted by Crippen LogP contribution is 2.19. The van der Waals surface area contributed by atoms with Crippen LogP contribution < -0.4 is 5.32 Å². The van der Waals surface area contributed by atoms with Gasteiger partial charge in [0.25, 0.3) is 5.91 Å². The summed E-state index contributed by atoms with van der Waals surface area (Å²) in [5.41, 5.74) is -0.106. The monoisotopic (exact) mass is 338 g/mol. The van der Waals surface area contributed by atoms with Crippen LogP contribution in [0.3, 0.4) is 0 Å². The SMILES string of the molecule is O=C(O)c1ccc(F)c(NC(=O)c2cccnc2Br)c1. The van der Waals surface area contributed by atoms with E-state index in [1.54, 1.807) is 6.07 Å². The van der Waals surface area contributed by atoms with Crippen molar-refractivity contribution in [3.8, 4) is 0 Å². The molecule has 2 N–H and O–H groups in total. The first-order valence-electron chi connectivity index (χ1n) is 5.44. The van der Waals surface area contributed by atoms with E-state index in [-0.39, 0.29) is 16.8 Å². The second-order valence-electron chi connectivity index (χ2n) is 3.80. The van der Waals surface area contributed by atoms with Crippen LogP contribution in [0.2, 0.25) is 0 Å². The third-order valence-corrected chi connectivity index (χ3v) is 3.10. The molecule has 0 bridgehead atoms. The molecule has 0 aliphatic carbocycles. The predicted octanol–water partition coefficient (Wildman–Crippen LogP) is 2.93. The summed E-state index contributed by atoms with van der Waals surface area (Å²) >= 11 is 3.11. The van der Waals surface area contributed by atoms with Gasteiger partial charge in [0, 0.05) is 6.20 Å². The van der Waals surface area contributed by atoms with Crippen LogP contribution in [-0.2, 0) is 0 Å². The molecule has 1 heterocycles. The number of carbonyl (C=O) groups is 2. The molecule has 1 aromatic carbocycles. The molecule has 0 aliphatic rings. The highest BCUT2D eigenvalue weighted by molar-refractivity contribution is 9.10. The first-order valence-corrected chi connectivity index (χ1v) is 6.23. The maximum atomic E-state index is 13.6. The molecule has 1 aromatic heterocycles. The van der Waals surface area contributed by atoms with Crippen LogP contribution in [0.25, 0.3) is 0 Å². The number of halogens is 2. The van der Waals surface area contributed by atoms with Gasteiger partial charge in [0.1, 0.15) is 10.4 Å². The topological polar surface area (TPSA) is 79.3 Å². The van der Waals surface area contributed by atoms with Crippen molar-refractivity contribution in [2.24, 2.45) is 0 Å². The van der Waals surface area contributed by atoms with Gasteiger partial charge in [0.05, 0.1) is 16.8 Å². The van der Waals surface area contributed by atoms with Crippen LogP contribution >= 0.6 is 15.9 Å². The quantitative estimate of drug-likeness (QED) is 0.843. The van der Waals surface area contributed by atoms with Crippen molar-refractivity contribution >= 4 is 33.5 Å². The number of nitrogens with one attached hydrogen (secondary N) is 1. The summed E-state index contributed by atoms with van der Waals surface area (Å²) in [6, 6.07) is 6.22. The van der Waals surface area contributed by atoms with Crippen LogP contribution in [0.4, 0.5) is 10.1 Å². The average molecular weight is 339 g/mol. The number of carbonyl (C=O) groups excluding carboxylic acids is 1. The molecule has 1 amide bonds. The normalized spacial score (nSPS) is 10.1. The van der Waals surface area contributed by atoms with Gasteiger partial charge in [-0.2, -0.15) is 0 Å². The number of amides is 1. The number of pyridine rings is 1. The second kappa shape index (κ2) is 5.79. The van der Waals surface area contributed by atoms with Crippen molar-refractivity contribution in [3.63, 3.8) is 0 Å². The first-order chi connectivity index (χ1) is 9.49. The third kappa shape index (κ3) is 3.00. The van der Waals surface area contributed by atoms with Crippen molar-refractivity contribution in [2.45, 2.75) is 0 Å². The number of rotatable bonds is 3. The fourth-order valence-electron chi connectivity index (χ4n) is 1.50. The number of hydrogen-bond donors (Lipinski definition) is 2. The third-order valence-electron chi connectivity index (χ3n) is 2.47. The first kappa shape index (κ1) is 14.1. The lowest BCUT2D eigenvalue weighted by Crippen LogP contribution is -2.14. The summed E-state index contributed by atoms with van der Waals surface area (Å²) in [5, 5.41) is 11.2. The average Bonchev–Trinajstić information content (AvgIpc) is 2.41. The van der Waals surface area contributed by atoms with E-state index in [1.165, 1.54) is 12.3 Å². The lowest BCUT2D eigenvalue weighted by atomic mass is 10.2. The molecular formula is C13H8BrFN2O3. The Kier molecular flexibility index (Phi) is 4.09. The van der Waals surface area contributed by atoms with Crippen molar-refractivity contribution in [2.75, 3.05) is 5.32 Å². The fraction of sp³-hybridized carbons (Fsp3) is 0. The minimum atomic E-state index is -1.21. The smallest absolute Gasteiger partial charge is 0.335 e. The van der Waals surface area contributed by atoms with Crippen LogP contribution in [0, 0.1) is 5.82 Å². The van der Waals surface area contributed by atoms with Gasteiger partial charge in [-0.05, 0) is 46.3 Å². The van der Waals surface area contributed by atoms with Crippen molar-refractivity contribution in [1.82, 2.24) is 4.98 Å². The summed E-state index contributed by atoms with van der Waals surface area (Å²) in [7, 11) is 0. The van der Waals surface area contributed by atoms with Gasteiger partial charge >= 0.3 is 5.97 Å². The van der Waals surface area contributed by atoms with Crippen LogP contribution in [-0.4, -0.2) is 22.0 Å². The highest BCUT2D eigenvalue weighted by atomic mass is 79.9. The molecule has 0 saturated heterocycles. The molecule has 0 atom stereocenters. The van der Waals surface area contributed by atoms with Gasteiger partial charge in [-0.15, -0.1) is 0 Å². The lowest BCUT2D eigenvalue weighted by molar-refractivity contribution is 0.0696. The molecule has 0 spiro atoms. The molecule has 0 unspecified atom stereocenters. The van der Waals surface area contributed by atoms with Crippen LogP contribution in [0.1, 0.15) is 20.7 Å². The maximum absolute atomic E-state index is 13.6. The Morgan fingerprint density at radius 3 is 2.70 bits per heavy atom. The molecule has 0 saturated carbocycles. The Hall–Kier alpha value is -2.28. The van der Waals surface area contributed by atoms with Crippen molar-refractivity contribution in [1.29, 1.82) is 0 Å². The van der Waals surface area contributed by atoms with Crippen LogP contribution in [0.15, 0.2) is 41.1 Å². The number of hydrogen-bond acceptors (Lipinski definition) is 3. The summed E-state index contributed by atoms with van der Waals surface area (Å²) in [6.07, 6.45) is 1.49. The number of nitrogens with zero attached hydrogens (tertiary/aromatic N) is 1. The van der Waals surface area contributed by atoms with E-state index in [4.69, 9.17) is 5.11 Å². The zero-order valence-corrected chi connectivity index (χ0v) is 11.5. The minimum absolute atomic E-state index is 0.119. The molecule has 0 radical (unpaired) electrons. The number of aromatic carboxylic acids is 1. The molecule has 2 rings (SSSR count). The van der Waals surface area contributed by atoms with Gasteiger partial charge < -0.3 is 10.4 Å². The highest BCUT2D eigenvalue weighted by Gasteiger charge is 2.14. The number of benzene rings is 1. The number of carboxylic acid groups (broad SMARTS) is 1. The van der Waals surface area contributed by atoms with Crippen LogP contribution in [0.5, 0.6) is 0 Å². The largest absolute Gasteiger partial charge is 0.478 e. The molecule has 2 aromatic rings. The Morgan fingerprint density at radius 2 is 2.05 bits per heavy atom. The molecular weight excluding hydrogens is 331 g/mol. The predicted molar refractivity (Wildman–Crippen MR) is 73.2 cm³/mol. The zero-order valence-electron chi connectivity index (χ0n) is 9.93. The number of aromatic nitrogens is 1. The van der Waals surface area contributed by atoms with Gasteiger partial charge in [-0.1, -0.05) is 0 Å². The Labute approximate surface area is 121 Å². The molecule has 5 nitrogen and oxygen atoms in total. The summed E-state index contributed by atoms with van der Waals surface area (Å²) in [5.74, 6) is -2.52. The lowest BCUT2D eigenvalue weighted by Gasteiger charge is -2.08. The molecule has 0 fully saturated rings. The van der Waals surface area contributed by atoms with E-state index in [0.29, 0.717) is 4.60 Å². The molecule has 7 heteroatoms. The van der Waals surface area contributed by atoms with Gasteiger partial charge in [-0.3, -0.25) is 4.79 Å². The van der Waals surface area contributed by atoms with Crippen molar-refractivity contribution in [3.05, 3.63) is 58.1 Å². The Bertz CT molecular complexity index is 691. The van der Waals surface area contributed by atoms with Gasteiger partial charge in [0.2, 0.25) is 0 Å². The van der Waals surface area contributed by atoms with Crippen molar-refractivity contribution < 1.29 is 19.1 Å². The Balaban J connectivity index is 2.30. The van der Waals surface area contributed by atoms with E-state index in [9.17, 15) is 14.0 Å². The minimum Gasteiger partial charge on any atom is -0.478 e. The van der Waals surface area contributed by atoms with Gasteiger partial charge in [0.15, 0.2) is 0 Å². The van der Waals surface area contributed by atoms with E-state index >= 15 is 0 Å². The van der Waals surface area contributed by atoms with E-state index < -0.39 is 17.7 Å². The second-order valence-corrected chi connectivity index (χ2v) is 4.55. The summed E-state index contributed by atoms with van der Waals surface area (Å²) < 4.78 is 13.9. The zero-order chi connectivity index (χ0) is 14.7. The molecule has 0 aliphatic heterocycles. The summed E-state index contributed by atoms with van der Waals surface area (Å²) in [6.45, 7) is 0. The summed E-state index contributed by atoms with van der Waals surface area (Å²) in [4.78, 5) is 26.7. The number of anilines is 1. The number of carboxylic acids is 1. The maximum Gasteiger partial charge on any atom is 0.335 e. The van der Waals surface area contributed by atoms with E-state index in [1.807, 2.05) is 0 Å². The fourth-order valence-corrected chi connectivity index (χ4v) is 1.93.